The first kappa shape index (κ1) is 23.3. The molecular weight excluding hydrogens is 454 g/mol. The van der Waals surface area contributed by atoms with E-state index in [-0.39, 0.29) is 16.7 Å². The van der Waals surface area contributed by atoms with E-state index in [0.29, 0.717) is 23.5 Å². The van der Waals surface area contributed by atoms with Gasteiger partial charge in [0, 0.05) is 29.7 Å². The van der Waals surface area contributed by atoms with Crippen molar-refractivity contribution in [1.82, 2.24) is 25.1 Å². The lowest BCUT2D eigenvalue weighted by Crippen LogP contribution is -2.32. The van der Waals surface area contributed by atoms with Gasteiger partial charge in [-0.15, -0.1) is 23.1 Å². The maximum Gasteiger partial charge on any atom is 0.260 e. The van der Waals surface area contributed by atoms with Crippen LogP contribution in [-0.2, 0) is 17.1 Å². The van der Waals surface area contributed by atoms with Crippen LogP contribution in [0.5, 0.6) is 0 Å². The number of aromatic nitrogens is 4. The van der Waals surface area contributed by atoms with Gasteiger partial charge in [0.2, 0.25) is 5.91 Å². The second-order valence-electron chi connectivity index (χ2n) is 7.96. The van der Waals surface area contributed by atoms with Crippen LogP contribution in [0.15, 0.2) is 46.6 Å². The first-order valence-corrected chi connectivity index (χ1v) is 12.8. The average molecular weight is 482 g/mol. The summed E-state index contributed by atoms with van der Waals surface area (Å²) in [4.78, 5) is 33.5. The third-order valence-electron chi connectivity index (χ3n) is 5.37. The molecule has 0 saturated heterocycles. The van der Waals surface area contributed by atoms with Crippen molar-refractivity contribution in [3.8, 4) is 11.1 Å². The van der Waals surface area contributed by atoms with Crippen LogP contribution in [0, 0.1) is 13.8 Å². The largest absolute Gasteiger partial charge is 0.355 e. The maximum atomic E-state index is 12.8. The van der Waals surface area contributed by atoms with Gasteiger partial charge in [-0.3, -0.25) is 14.3 Å². The molecule has 1 aromatic carbocycles. The molecule has 1 amide bonds. The molecule has 9 heteroatoms. The van der Waals surface area contributed by atoms with Crippen LogP contribution in [0.3, 0.4) is 0 Å². The molecule has 0 spiro atoms. The molecule has 0 bridgehead atoms. The van der Waals surface area contributed by atoms with Crippen molar-refractivity contribution in [2.24, 2.45) is 0 Å². The number of thiophene rings is 1. The zero-order valence-electron chi connectivity index (χ0n) is 18.9. The number of H-pyrrole nitrogens is 1. The van der Waals surface area contributed by atoms with Gasteiger partial charge in [0.1, 0.15) is 10.7 Å². The summed E-state index contributed by atoms with van der Waals surface area (Å²) in [5.74, 6) is 1.03. The molecule has 172 valence electrons. The summed E-state index contributed by atoms with van der Waals surface area (Å²) >= 11 is 2.93. The average Bonchev–Trinajstić information content (AvgIpc) is 3.38. The van der Waals surface area contributed by atoms with Gasteiger partial charge < -0.3 is 10.3 Å². The van der Waals surface area contributed by atoms with Crippen molar-refractivity contribution in [2.45, 2.75) is 44.7 Å². The Hall–Kier alpha value is -2.91. The summed E-state index contributed by atoms with van der Waals surface area (Å²) in [6, 6.07) is 11.9. The van der Waals surface area contributed by atoms with Gasteiger partial charge in [-0.1, -0.05) is 30.3 Å². The highest BCUT2D eigenvalue weighted by Gasteiger charge is 2.16. The van der Waals surface area contributed by atoms with Gasteiger partial charge in [-0.05, 0) is 38.8 Å². The van der Waals surface area contributed by atoms with E-state index in [1.807, 2.05) is 67.2 Å². The molecule has 7 nitrogen and oxygen atoms in total. The summed E-state index contributed by atoms with van der Waals surface area (Å²) in [5.41, 5.74) is 3.89. The van der Waals surface area contributed by atoms with E-state index in [4.69, 9.17) is 0 Å². The lowest BCUT2D eigenvalue weighted by Gasteiger charge is -2.12. The molecule has 3 aromatic heterocycles. The van der Waals surface area contributed by atoms with E-state index < -0.39 is 0 Å². The number of aromatic amines is 1. The SMILES string of the molecule is Cc1cc(C)n(CCCNC(=O)C(C)SCc2nc3scc(-c4ccccc4)c3c(=O)[nH]2)n1. The smallest absolute Gasteiger partial charge is 0.260 e. The predicted octanol–water partition coefficient (Wildman–Crippen LogP) is 4.29. The molecule has 33 heavy (non-hydrogen) atoms. The fraction of sp³-hybridized carbons (Fsp3) is 0.333. The molecule has 1 unspecified atom stereocenters. The fourth-order valence-electron chi connectivity index (χ4n) is 3.66. The fourth-order valence-corrected chi connectivity index (χ4v) is 5.40. The molecule has 0 fully saturated rings. The minimum absolute atomic E-state index is 0.0146. The van der Waals surface area contributed by atoms with Crippen molar-refractivity contribution in [1.29, 1.82) is 0 Å². The van der Waals surface area contributed by atoms with Crippen LogP contribution in [0.4, 0.5) is 0 Å². The molecule has 1 atom stereocenters. The van der Waals surface area contributed by atoms with Gasteiger partial charge in [0.05, 0.1) is 22.1 Å². The van der Waals surface area contributed by atoms with Crippen molar-refractivity contribution < 1.29 is 4.79 Å². The van der Waals surface area contributed by atoms with Crippen LogP contribution in [0.1, 0.15) is 30.6 Å². The Bertz CT molecular complexity index is 1310. The minimum atomic E-state index is -0.247. The number of nitrogens with one attached hydrogen (secondary N) is 2. The Morgan fingerprint density at radius 1 is 1.27 bits per heavy atom. The number of benzene rings is 1. The molecule has 4 aromatic rings. The monoisotopic (exact) mass is 481 g/mol. The van der Waals surface area contributed by atoms with Gasteiger partial charge in [-0.25, -0.2) is 4.98 Å². The standard InChI is InChI=1S/C24H27N5O2S2/c1-15-12-16(2)29(28-15)11-7-10-25-22(30)17(3)32-14-20-26-23(31)21-19(13-33-24(21)27-20)18-8-5-4-6-9-18/h4-6,8-9,12-13,17H,7,10-11,14H2,1-3H3,(H,25,30)(H,26,27,31). The lowest BCUT2D eigenvalue weighted by molar-refractivity contribution is -0.120. The molecule has 0 aliphatic carbocycles. The number of rotatable bonds is 9. The normalized spacial score (nSPS) is 12.2. The molecule has 0 saturated carbocycles. The zero-order chi connectivity index (χ0) is 23.4. The van der Waals surface area contributed by atoms with E-state index >= 15 is 0 Å². The summed E-state index contributed by atoms with van der Waals surface area (Å²) in [6.07, 6.45) is 0.818. The van der Waals surface area contributed by atoms with Crippen LogP contribution < -0.4 is 10.9 Å². The number of carbonyl (C=O) groups is 1. The molecule has 3 heterocycles. The van der Waals surface area contributed by atoms with Crippen LogP contribution in [0.2, 0.25) is 0 Å². The summed E-state index contributed by atoms with van der Waals surface area (Å²) in [7, 11) is 0. The minimum Gasteiger partial charge on any atom is -0.355 e. The lowest BCUT2D eigenvalue weighted by atomic mass is 10.1. The Labute approximate surface area is 200 Å². The van der Waals surface area contributed by atoms with Crippen molar-refractivity contribution in [3.63, 3.8) is 0 Å². The number of nitrogens with zero attached hydrogens (tertiary/aromatic N) is 3. The van der Waals surface area contributed by atoms with E-state index in [1.165, 1.54) is 23.1 Å². The number of hydrogen-bond acceptors (Lipinski definition) is 6. The topological polar surface area (TPSA) is 92.7 Å². The third-order valence-corrected chi connectivity index (χ3v) is 7.39. The number of amides is 1. The molecule has 4 rings (SSSR count). The zero-order valence-corrected chi connectivity index (χ0v) is 20.6. The molecular formula is C24H27N5O2S2. The first-order chi connectivity index (χ1) is 15.9. The Balaban J connectivity index is 1.31. The molecule has 2 N–H and O–H groups in total. The van der Waals surface area contributed by atoms with Gasteiger partial charge in [0.15, 0.2) is 0 Å². The van der Waals surface area contributed by atoms with Gasteiger partial charge in [0.25, 0.3) is 5.56 Å². The number of aryl methyl sites for hydroxylation is 3. The third kappa shape index (κ3) is 5.54. The highest BCUT2D eigenvalue weighted by molar-refractivity contribution is 7.99. The highest BCUT2D eigenvalue weighted by Crippen LogP contribution is 2.30. The van der Waals surface area contributed by atoms with Crippen molar-refractivity contribution in [2.75, 3.05) is 6.54 Å². The Morgan fingerprint density at radius 2 is 2.06 bits per heavy atom. The molecule has 0 radical (unpaired) electrons. The second-order valence-corrected chi connectivity index (χ2v) is 10.1. The predicted molar refractivity (Wildman–Crippen MR) is 136 cm³/mol. The first-order valence-electron chi connectivity index (χ1n) is 10.9. The highest BCUT2D eigenvalue weighted by atomic mass is 32.2. The van der Waals surface area contributed by atoms with Gasteiger partial charge in [-0.2, -0.15) is 5.10 Å². The van der Waals surface area contributed by atoms with Crippen molar-refractivity contribution in [3.05, 3.63) is 69.3 Å². The van der Waals surface area contributed by atoms with Crippen LogP contribution >= 0.6 is 23.1 Å². The van der Waals surface area contributed by atoms with Gasteiger partial charge >= 0.3 is 0 Å². The maximum absolute atomic E-state index is 12.8. The van der Waals surface area contributed by atoms with E-state index in [0.717, 1.165) is 40.3 Å². The van der Waals surface area contributed by atoms with Crippen LogP contribution in [0.25, 0.3) is 21.3 Å². The number of fused-ring (bicyclic) bond motifs is 1. The van der Waals surface area contributed by atoms with Crippen molar-refractivity contribution >= 4 is 39.2 Å². The molecule has 0 aliphatic heterocycles. The Kier molecular flexibility index (Phi) is 7.29. The van der Waals surface area contributed by atoms with E-state index in [2.05, 4.69) is 20.4 Å². The molecule has 0 aliphatic rings. The number of hydrogen-bond donors (Lipinski definition) is 2. The summed E-state index contributed by atoms with van der Waals surface area (Å²) in [5, 5.41) is 9.77. The Morgan fingerprint density at radius 3 is 2.79 bits per heavy atom. The van der Waals surface area contributed by atoms with Crippen LogP contribution in [-0.4, -0.2) is 37.5 Å². The number of carbonyl (C=O) groups excluding carboxylic acids is 1. The summed E-state index contributed by atoms with van der Waals surface area (Å²) in [6.45, 7) is 7.26. The number of thioether (sulfide) groups is 1. The summed E-state index contributed by atoms with van der Waals surface area (Å²) < 4.78 is 1.96. The van der Waals surface area contributed by atoms with E-state index in [9.17, 15) is 9.59 Å². The second kappa shape index (κ2) is 10.4. The quantitative estimate of drug-likeness (QED) is 0.348. The van der Waals surface area contributed by atoms with E-state index in [1.54, 1.807) is 0 Å².